The molecule has 1 rings (SSSR count). The number of carboxylic acids is 2. The van der Waals surface area contributed by atoms with Crippen LogP contribution >= 0.6 is 0 Å². The summed E-state index contributed by atoms with van der Waals surface area (Å²) in [6.07, 6.45) is 6.83. The number of alkyl halides is 1. The van der Waals surface area contributed by atoms with E-state index in [9.17, 15) is 39.5 Å². The summed E-state index contributed by atoms with van der Waals surface area (Å²) >= 11 is 0. The molecule has 1 unspecified atom stereocenters. The van der Waals surface area contributed by atoms with Crippen LogP contribution in [0.5, 0.6) is 0 Å². The smallest absolute Gasteiger partial charge is 0.546 e. The number of aliphatic hydroxyl groups is 4. The molecule has 0 bridgehead atoms. The van der Waals surface area contributed by atoms with Crippen LogP contribution in [0.3, 0.4) is 0 Å². The summed E-state index contributed by atoms with van der Waals surface area (Å²) in [5, 5.41) is 58.3. The van der Waals surface area contributed by atoms with Crippen LogP contribution in [0.2, 0.25) is 0 Å². The number of carbonyl (C=O) groups excluding carboxylic acids is 2. The number of ether oxygens (including phenoxy) is 2. The molecule has 0 spiro atoms. The van der Waals surface area contributed by atoms with Crippen LogP contribution in [-0.4, -0.2) is 95.0 Å². The van der Waals surface area contributed by atoms with Crippen molar-refractivity contribution in [3.8, 4) is 0 Å². The molecule has 248 valence electrons. The molecule has 0 aliphatic carbocycles. The van der Waals surface area contributed by atoms with Gasteiger partial charge >= 0.3 is 21.1 Å². The van der Waals surface area contributed by atoms with E-state index in [1.807, 2.05) is 0 Å². The number of halogens is 1. The Morgan fingerprint density at radius 1 is 0.805 bits per heavy atom. The Hall–Kier alpha value is -0.762. The van der Waals surface area contributed by atoms with E-state index < -0.39 is 67.9 Å². The zero-order valence-corrected chi connectivity index (χ0v) is 26.8. The summed E-state index contributed by atoms with van der Waals surface area (Å²) in [7, 11) is 0. The van der Waals surface area contributed by atoms with Crippen molar-refractivity contribution >= 4 is 11.9 Å². The van der Waals surface area contributed by atoms with E-state index in [0.717, 1.165) is 13.1 Å². The maximum Gasteiger partial charge on any atom is 2.00 e. The van der Waals surface area contributed by atoms with Gasteiger partial charge in [0.2, 0.25) is 0 Å². The third-order valence-corrected chi connectivity index (χ3v) is 6.34. The molecule has 0 radical (unpaired) electrons. The van der Waals surface area contributed by atoms with Crippen LogP contribution in [0.1, 0.15) is 97.3 Å². The molecule has 1 aliphatic rings. The van der Waals surface area contributed by atoms with Crippen LogP contribution in [0.4, 0.5) is 4.39 Å². The van der Waals surface area contributed by atoms with Crippen LogP contribution in [-0.2, 0) is 40.1 Å². The van der Waals surface area contributed by atoms with Crippen molar-refractivity contribution in [1.29, 1.82) is 0 Å². The van der Waals surface area contributed by atoms with Crippen LogP contribution in [0.15, 0.2) is 0 Å². The minimum Gasteiger partial charge on any atom is -0.546 e. The van der Waals surface area contributed by atoms with E-state index in [1.54, 1.807) is 0 Å². The Morgan fingerprint density at radius 3 is 1.59 bits per heavy atom. The Bertz CT molecular complexity index is 597. The molecule has 0 aromatic heterocycles. The van der Waals surface area contributed by atoms with E-state index in [1.165, 1.54) is 77.0 Å². The summed E-state index contributed by atoms with van der Waals surface area (Å²) in [6.45, 7) is 4.64. The largest absolute Gasteiger partial charge is 2.00 e. The molecular formula is C27H53FN2O10Pt. The van der Waals surface area contributed by atoms with Crippen LogP contribution < -0.4 is 21.7 Å². The molecule has 1 heterocycles. The van der Waals surface area contributed by atoms with Crippen molar-refractivity contribution in [2.45, 2.75) is 134 Å². The predicted octanol–water partition coefficient (Wildman–Crippen LogP) is -0.990. The van der Waals surface area contributed by atoms with Gasteiger partial charge in [-0.2, -0.15) is 0 Å². The first-order valence-electron chi connectivity index (χ1n) is 14.4. The van der Waals surface area contributed by atoms with Gasteiger partial charge in [0.05, 0.1) is 25.2 Å². The molecule has 0 saturated carbocycles. The average molecular weight is 780 g/mol. The second-order valence-corrected chi connectivity index (χ2v) is 9.81. The number of carboxylic acid groups (broad SMARTS) is 2. The number of aliphatic carboxylic acids is 2. The van der Waals surface area contributed by atoms with Gasteiger partial charge in [-0.1, -0.05) is 78.1 Å². The Morgan fingerprint density at radius 2 is 1.22 bits per heavy atom. The summed E-state index contributed by atoms with van der Waals surface area (Å²) in [5.41, 5.74) is 6.89. The van der Waals surface area contributed by atoms with Gasteiger partial charge < -0.3 is 61.2 Å². The first kappa shape index (κ1) is 44.7. The quantitative estimate of drug-likeness (QED) is 0.0686. The first-order valence-corrected chi connectivity index (χ1v) is 14.4. The average Bonchev–Trinajstić information content (AvgIpc) is 2.93. The second kappa shape index (κ2) is 28.0. The first-order chi connectivity index (χ1) is 19.0. The number of carbonyl (C=O) groups is 2. The van der Waals surface area contributed by atoms with Gasteiger partial charge in [0.1, 0.15) is 24.4 Å². The molecule has 8 N–H and O–H groups in total. The fourth-order valence-electron chi connectivity index (χ4n) is 3.66. The SMILES string of the molecule is CCCCCCCCN.CCCCCCCCN.O=C([O-])C(F)(CCOC1O[C@H](CO)[C@@H](O)[C@H](O)[C@H]1O)C(=O)[O-].[Pt+2]. The van der Waals surface area contributed by atoms with Crippen molar-refractivity contribution in [1.82, 2.24) is 0 Å². The van der Waals surface area contributed by atoms with E-state index in [0.29, 0.717) is 0 Å². The van der Waals surface area contributed by atoms with Crippen molar-refractivity contribution in [3.63, 3.8) is 0 Å². The normalized spacial score (nSPS) is 21.9. The molecule has 41 heavy (non-hydrogen) atoms. The number of unbranched alkanes of at least 4 members (excludes halogenated alkanes) is 10. The van der Waals surface area contributed by atoms with E-state index >= 15 is 0 Å². The molecule has 5 atom stereocenters. The molecule has 0 aromatic rings. The van der Waals surface area contributed by atoms with Crippen molar-refractivity contribution < 1.29 is 75.2 Å². The Kier molecular flexibility index (Phi) is 30.5. The molecule has 12 nitrogen and oxygen atoms in total. The van der Waals surface area contributed by atoms with E-state index in [4.69, 9.17) is 26.0 Å². The maximum atomic E-state index is 13.5. The number of rotatable bonds is 19. The zero-order valence-electron chi connectivity index (χ0n) is 24.5. The molecule has 1 aliphatic heterocycles. The van der Waals surface area contributed by atoms with Gasteiger partial charge in [-0.05, 0) is 25.9 Å². The van der Waals surface area contributed by atoms with Crippen LogP contribution in [0, 0.1) is 0 Å². The van der Waals surface area contributed by atoms with Crippen LogP contribution in [0.25, 0.3) is 0 Å². The molecular weight excluding hydrogens is 726 g/mol. The topological polar surface area (TPSA) is 232 Å². The Balaban J connectivity index is -0.000000630. The van der Waals surface area contributed by atoms with E-state index in [2.05, 4.69) is 13.8 Å². The minimum absolute atomic E-state index is 0. The van der Waals surface area contributed by atoms with Crippen molar-refractivity contribution in [2.75, 3.05) is 26.3 Å². The second-order valence-electron chi connectivity index (χ2n) is 9.81. The molecule has 1 saturated heterocycles. The zero-order chi connectivity index (χ0) is 31.0. The standard InChI is InChI=1S/C11H17FO10.2C8H19N.Pt/c12-11(9(17)18,10(19)20)1-2-21-8-7(16)6(15)5(14)4(3-13)22-8;2*1-2-3-4-5-6-7-8-9;/h4-8,13-16H,1-3H2,(H,17,18)(H,19,20);2*2-9H2,1H3;/q;;;+2/p-2/t4-,5-,6+,7-,8?;;;/m1.../s1. The minimum atomic E-state index is -3.80. The van der Waals surface area contributed by atoms with Gasteiger partial charge in [-0.15, -0.1) is 0 Å². The number of hydrogen-bond donors (Lipinski definition) is 6. The number of aliphatic hydroxyl groups excluding tert-OH is 4. The van der Waals surface area contributed by atoms with Gasteiger partial charge in [-0.25, -0.2) is 4.39 Å². The number of nitrogens with two attached hydrogens (primary N) is 2. The molecule has 0 amide bonds. The van der Waals surface area contributed by atoms with Gasteiger partial charge in [0, 0.05) is 6.42 Å². The summed E-state index contributed by atoms with van der Waals surface area (Å²) in [5.74, 6) is -5.05. The van der Waals surface area contributed by atoms with Crippen molar-refractivity contribution in [3.05, 3.63) is 0 Å². The maximum absolute atomic E-state index is 13.5. The third kappa shape index (κ3) is 19.9. The monoisotopic (exact) mass is 779 g/mol. The van der Waals surface area contributed by atoms with Gasteiger partial charge in [-0.3, -0.25) is 0 Å². The van der Waals surface area contributed by atoms with E-state index in [-0.39, 0.29) is 21.1 Å². The predicted molar refractivity (Wildman–Crippen MR) is 143 cm³/mol. The Labute approximate surface area is 258 Å². The summed E-state index contributed by atoms with van der Waals surface area (Å²) in [6, 6.07) is 0. The number of hydrogen-bond acceptors (Lipinski definition) is 12. The summed E-state index contributed by atoms with van der Waals surface area (Å²) in [4.78, 5) is 20.9. The fraction of sp³-hybridized carbons (Fsp3) is 0.926. The molecule has 0 aromatic carbocycles. The molecule has 1 fully saturated rings. The van der Waals surface area contributed by atoms with Crippen molar-refractivity contribution in [2.24, 2.45) is 11.5 Å². The third-order valence-electron chi connectivity index (χ3n) is 6.34. The van der Waals surface area contributed by atoms with Gasteiger partial charge in [0.25, 0.3) is 0 Å². The van der Waals surface area contributed by atoms with Gasteiger partial charge in [0.15, 0.2) is 12.0 Å². The molecule has 14 heteroatoms. The fourth-order valence-corrected chi connectivity index (χ4v) is 3.66. The summed E-state index contributed by atoms with van der Waals surface area (Å²) < 4.78 is 23.2.